The minimum absolute atomic E-state index is 0.131. The Morgan fingerprint density at radius 1 is 1.11 bits per heavy atom. The monoisotopic (exact) mass is 394 g/mol. The number of aromatic nitrogens is 3. The highest BCUT2D eigenvalue weighted by atomic mass is 32.2. The lowest BCUT2D eigenvalue weighted by molar-refractivity contribution is 0.414. The SMILES string of the molecule is COc1cccc(Cn2cc(NS(=O)(=O)c3cccc4cccnc34)cn2)c1. The quantitative estimate of drug-likeness (QED) is 0.542. The number of hydrogen-bond acceptors (Lipinski definition) is 5. The molecule has 0 unspecified atom stereocenters. The topological polar surface area (TPSA) is 86.1 Å². The van der Waals surface area contributed by atoms with E-state index in [4.69, 9.17) is 4.74 Å². The Bertz CT molecular complexity index is 1230. The number of ether oxygens (including phenoxy) is 1. The summed E-state index contributed by atoms with van der Waals surface area (Å²) in [6, 6.07) is 16.3. The fourth-order valence-electron chi connectivity index (χ4n) is 2.96. The molecule has 0 spiro atoms. The van der Waals surface area contributed by atoms with Gasteiger partial charge in [-0.15, -0.1) is 0 Å². The van der Waals surface area contributed by atoms with Crippen molar-refractivity contribution < 1.29 is 13.2 Å². The Morgan fingerprint density at radius 3 is 2.79 bits per heavy atom. The van der Waals surface area contributed by atoms with Gasteiger partial charge in [0.2, 0.25) is 0 Å². The third kappa shape index (κ3) is 3.67. The molecule has 0 fully saturated rings. The number of anilines is 1. The van der Waals surface area contributed by atoms with Gasteiger partial charge in [0.15, 0.2) is 0 Å². The van der Waals surface area contributed by atoms with Gasteiger partial charge in [-0.25, -0.2) is 8.42 Å². The van der Waals surface area contributed by atoms with E-state index < -0.39 is 10.0 Å². The number of nitrogens with one attached hydrogen (secondary N) is 1. The molecule has 0 aliphatic heterocycles. The van der Waals surface area contributed by atoms with Crippen molar-refractivity contribution in [2.45, 2.75) is 11.4 Å². The third-order valence-electron chi connectivity index (χ3n) is 4.25. The van der Waals surface area contributed by atoms with Crippen LogP contribution in [0, 0.1) is 0 Å². The van der Waals surface area contributed by atoms with Crippen LogP contribution in [-0.4, -0.2) is 30.3 Å². The van der Waals surface area contributed by atoms with Crippen molar-refractivity contribution in [3.05, 3.63) is 78.8 Å². The number of hydrogen-bond donors (Lipinski definition) is 1. The number of pyridine rings is 1. The van der Waals surface area contributed by atoms with Crippen LogP contribution in [0.25, 0.3) is 10.9 Å². The summed E-state index contributed by atoms with van der Waals surface area (Å²) in [5.74, 6) is 0.758. The fraction of sp³-hybridized carbons (Fsp3) is 0.100. The van der Waals surface area contributed by atoms with Crippen LogP contribution in [0.15, 0.2) is 78.1 Å². The number of nitrogens with zero attached hydrogens (tertiary/aromatic N) is 3. The average Bonchev–Trinajstić information content (AvgIpc) is 3.13. The van der Waals surface area contributed by atoms with E-state index >= 15 is 0 Å². The molecule has 4 aromatic rings. The molecule has 28 heavy (non-hydrogen) atoms. The van der Waals surface area contributed by atoms with Crippen LogP contribution in [0.5, 0.6) is 5.75 Å². The lowest BCUT2D eigenvalue weighted by Crippen LogP contribution is -2.13. The van der Waals surface area contributed by atoms with Gasteiger partial charge in [-0.05, 0) is 29.8 Å². The second-order valence-electron chi connectivity index (χ2n) is 6.21. The van der Waals surface area contributed by atoms with Gasteiger partial charge in [0.25, 0.3) is 10.0 Å². The summed E-state index contributed by atoms with van der Waals surface area (Å²) in [7, 11) is -2.18. The number of rotatable bonds is 6. The van der Waals surface area contributed by atoms with Crippen LogP contribution >= 0.6 is 0 Å². The number of para-hydroxylation sites is 1. The fourth-order valence-corrected chi connectivity index (χ4v) is 4.17. The predicted molar refractivity (Wildman–Crippen MR) is 107 cm³/mol. The minimum Gasteiger partial charge on any atom is -0.497 e. The maximum Gasteiger partial charge on any atom is 0.264 e. The first-order valence-electron chi connectivity index (χ1n) is 8.57. The van der Waals surface area contributed by atoms with E-state index in [2.05, 4.69) is 14.8 Å². The number of benzene rings is 2. The predicted octanol–water partition coefficient (Wildman–Crippen LogP) is 3.29. The number of sulfonamides is 1. The first-order chi connectivity index (χ1) is 13.5. The van der Waals surface area contributed by atoms with Crippen molar-refractivity contribution in [1.82, 2.24) is 14.8 Å². The van der Waals surface area contributed by atoms with Crippen molar-refractivity contribution >= 4 is 26.6 Å². The van der Waals surface area contributed by atoms with Gasteiger partial charge < -0.3 is 4.74 Å². The zero-order valence-corrected chi connectivity index (χ0v) is 15.9. The van der Waals surface area contributed by atoms with E-state index in [0.29, 0.717) is 17.7 Å². The second kappa shape index (κ2) is 7.32. The largest absolute Gasteiger partial charge is 0.497 e. The maximum absolute atomic E-state index is 12.9. The molecule has 0 aliphatic rings. The number of methoxy groups -OCH3 is 1. The molecule has 4 rings (SSSR count). The molecule has 2 aromatic heterocycles. The van der Waals surface area contributed by atoms with Gasteiger partial charge in [0.1, 0.15) is 10.6 Å². The first kappa shape index (κ1) is 18.0. The molecule has 2 heterocycles. The summed E-state index contributed by atoms with van der Waals surface area (Å²) in [6.45, 7) is 0.495. The molecule has 7 nitrogen and oxygen atoms in total. The molecule has 142 valence electrons. The zero-order chi connectivity index (χ0) is 19.6. The van der Waals surface area contributed by atoms with Crippen LogP contribution in [0.2, 0.25) is 0 Å². The summed E-state index contributed by atoms with van der Waals surface area (Å²) in [5, 5.41) is 5.00. The molecule has 8 heteroatoms. The highest BCUT2D eigenvalue weighted by Crippen LogP contribution is 2.23. The molecule has 2 aromatic carbocycles. The molecule has 0 amide bonds. The van der Waals surface area contributed by atoms with Crippen molar-refractivity contribution in [2.75, 3.05) is 11.8 Å². The van der Waals surface area contributed by atoms with E-state index in [0.717, 1.165) is 16.7 Å². The standard InChI is InChI=1S/C20H18N4O3S/c1-27-18-8-2-5-15(11-18)13-24-14-17(12-22-24)23-28(25,26)19-9-3-6-16-7-4-10-21-20(16)19/h2-12,14,23H,13H2,1H3. The minimum atomic E-state index is -3.80. The first-order valence-corrected chi connectivity index (χ1v) is 10.1. The van der Waals surface area contributed by atoms with E-state index in [1.165, 1.54) is 6.20 Å². The van der Waals surface area contributed by atoms with Crippen LogP contribution in [0.1, 0.15) is 5.56 Å². The van der Waals surface area contributed by atoms with Gasteiger partial charge in [0, 0.05) is 17.8 Å². The molecule has 0 atom stereocenters. The smallest absolute Gasteiger partial charge is 0.264 e. The van der Waals surface area contributed by atoms with E-state index in [9.17, 15) is 8.42 Å². The van der Waals surface area contributed by atoms with Gasteiger partial charge in [-0.3, -0.25) is 14.4 Å². The van der Waals surface area contributed by atoms with Gasteiger partial charge in [0.05, 0.1) is 31.1 Å². The van der Waals surface area contributed by atoms with Gasteiger partial charge in [-0.1, -0.05) is 30.3 Å². The van der Waals surface area contributed by atoms with Crippen molar-refractivity contribution in [3.63, 3.8) is 0 Å². The van der Waals surface area contributed by atoms with Crippen molar-refractivity contribution in [1.29, 1.82) is 0 Å². The molecule has 0 saturated carbocycles. The molecular formula is C20H18N4O3S. The number of fused-ring (bicyclic) bond motifs is 1. The van der Waals surface area contributed by atoms with Crippen molar-refractivity contribution in [2.24, 2.45) is 0 Å². The molecule has 0 bridgehead atoms. The Hall–Kier alpha value is -3.39. The van der Waals surface area contributed by atoms with Crippen LogP contribution in [0.4, 0.5) is 5.69 Å². The van der Waals surface area contributed by atoms with Crippen LogP contribution < -0.4 is 9.46 Å². The highest BCUT2D eigenvalue weighted by molar-refractivity contribution is 7.93. The lowest BCUT2D eigenvalue weighted by Gasteiger charge is -2.08. The van der Waals surface area contributed by atoms with Crippen LogP contribution in [0.3, 0.4) is 0 Å². The van der Waals surface area contributed by atoms with Crippen molar-refractivity contribution in [3.8, 4) is 5.75 Å². The third-order valence-corrected chi connectivity index (χ3v) is 5.66. The molecular weight excluding hydrogens is 376 g/mol. The Morgan fingerprint density at radius 2 is 1.93 bits per heavy atom. The molecule has 1 N–H and O–H groups in total. The lowest BCUT2D eigenvalue weighted by atomic mass is 10.2. The summed E-state index contributed by atoms with van der Waals surface area (Å²) < 4.78 is 35.2. The average molecular weight is 394 g/mol. The Balaban J connectivity index is 1.57. The van der Waals surface area contributed by atoms with E-state index in [-0.39, 0.29) is 4.90 Å². The Kier molecular flexibility index (Phi) is 4.70. The second-order valence-corrected chi connectivity index (χ2v) is 7.87. The molecule has 0 aliphatic carbocycles. The summed E-state index contributed by atoms with van der Waals surface area (Å²) >= 11 is 0. The summed E-state index contributed by atoms with van der Waals surface area (Å²) in [5.41, 5.74) is 1.81. The zero-order valence-electron chi connectivity index (χ0n) is 15.1. The normalized spacial score (nSPS) is 11.5. The molecule has 0 radical (unpaired) electrons. The van der Waals surface area contributed by atoms with E-state index in [1.807, 2.05) is 36.4 Å². The molecule has 0 saturated heterocycles. The van der Waals surface area contributed by atoms with Gasteiger partial charge in [-0.2, -0.15) is 5.10 Å². The van der Waals surface area contributed by atoms with E-state index in [1.54, 1.807) is 42.4 Å². The Labute approximate surface area is 162 Å². The van der Waals surface area contributed by atoms with Gasteiger partial charge >= 0.3 is 0 Å². The van der Waals surface area contributed by atoms with Crippen LogP contribution in [-0.2, 0) is 16.6 Å². The summed E-state index contributed by atoms with van der Waals surface area (Å²) in [4.78, 5) is 4.35. The maximum atomic E-state index is 12.9. The summed E-state index contributed by atoms with van der Waals surface area (Å²) in [6.07, 6.45) is 4.71. The highest BCUT2D eigenvalue weighted by Gasteiger charge is 2.19.